The first kappa shape index (κ1) is 28.9. The molecule has 0 spiro atoms. The SMILES string of the molecule is c1ccc(N(c2ccccc2)c2cccc(N(c3ccc4c(ccc5c6ccccc6[se]c45)c3)c3ccc4c(c3)oc3ccccc34)c2)cc1. The van der Waals surface area contributed by atoms with Crippen LogP contribution in [-0.4, -0.2) is 14.5 Å². The van der Waals surface area contributed by atoms with E-state index in [0.717, 1.165) is 56.1 Å². The number of hydrogen-bond donors (Lipinski definition) is 0. The van der Waals surface area contributed by atoms with Crippen LogP contribution in [0.15, 0.2) is 186 Å². The smallest absolute Gasteiger partial charge is 0.0602 e. The van der Waals surface area contributed by atoms with Gasteiger partial charge in [0.15, 0.2) is 0 Å². The Kier molecular flexibility index (Phi) is 6.83. The van der Waals surface area contributed by atoms with Crippen molar-refractivity contribution in [1.29, 1.82) is 0 Å². The Balaban J connectivity index is 1.17. The van der Waals surface area contributed by atoms with Crippen LogP contribution in [0.5, 0.6) is 0 Å². The van der Waals surface area contributed by atoms with E-state index in [2.05, 4.69) is 180 Å². The second kappa shape index (κ2) is 11.8. The number of nitrogens with zero attached hydrogens (tertiary/aromatic N) is 2. The van der Waals surface area contributed by atoms with Crippen molar-refractivity contribution in [3.8, 4) is 0 Å². The molecule has 0 saturated heterocycles. The van der Waals surface area contributed by atoms with Crippen molar-refractivity contribution in [2.75, 3.05) is 9.80 Å². The topological polar surface area (TPSA) is 19.6 Å². The molecule has 4 heteroatoms. The van der Waals surface area contributed by atoms with Crippen LogP contribution in [0.4, 0.5) is 34.1 Å². The number of hydrogen-bond acceptors (Lipinski definition) is 3. The molecule has 3 nitrogen and oxygen atoms in total. The Bertz CT molecular complexity index is 2800. The van der Waals surface area contributed by atoms with Crippen LogP contribution in [0, 0.1) is 0 Å². The van der Waals surface area contributed by atoms with Crippen molar-refractivity contribution in [1.82, 2.24) is 0 Å². The molecule has 0 radical (unpaired) electrons. The predicted octanol–water partition coefficient (Wildman–Crippen LogP) is 13.0. The predicted molar refractivity (Wildman–Crippen MR) is 213 cm³/mol. The Morgan fingerprint density at radius 1 is 0.340 bits per heavy atom. The molecule has 0 saturated carbocycles. The minimum absolute atomic E-state index is 0.283. The minimum atomic E-state index is 0.283. The van der Waals surface area contributed by atoms with E-state index in [1.165, 1.54) is 30.1 Å². The van der Waals surface area contributed by atoms with E-state index in [-0.39, 0.29) is 14.5 Å². The first-order chi connectivity index (χ1) is 24.8. The average molecular weight is 706 g/mol. The van der Waals surface area contributed by atoms with E-state index < -0.39 is 0 Å². The van der Waals surface area contributed by atoms with Gasteiger partial charge in [-0.25, -0.2) is 0 Å². The van der Waals surface area contributed by atoms with Gasteiger partial charge in [-0.2, -0.15) is 0 Å². The van der Waals surface area contributed by atoms with Gasteiger partial charge in [-0.05, 0) is 0 Å². The molecule has 0 aliphatic rings. The zero-order chi connectivity index (χ0) is 33.0. The van der Waals surface area contributed by atoms with Crippen molar-refractivity contribution < 1.29 is 4.42 Å². The van der Waals surface area contributed by atoms with Crippen molar-refractivity contribution in [3.05, 3.63) is 182 Å². The van der Waals surface area contributed by atoms with Gasteiger partial charge in [0.25, 0.3) is 0 Å². The van der Waals surface area contributed by atoms with Crippen LogP contribution in [0.25, 0.3) is 52.0 Å². The molecular weight excluding hydrogens is 675 g/mol. The fourth-order valence-electron chi connectivity index (χ4n) is 7.31. The van der Waals surface area contributed by atoms with E-state index in [0.29, 0.717) is 0 Å². The summed E-state index contributed by atoms with van der Waals surface area (Å²) in [7, 11) is 0. The fourth-order valence-corrected chi connectivity index (χ4v) is 9.91. The van der Waals surface area contributed by atoms with Crippen LogP contribution in [0.3, 0.4) is 0 Å². The standard InChI is InChI=1S/C46H30N2OSe/c1-3-12-32(13-4-1)47(33-14-5-2-6-15-33)34-16-11-17-35(29-34)48(37-24-27-40-39-18-7-9-20-43(39)49-44(40)30-37)36-23-26-38-31(28-36)22-25-42-41-19-8-10-21-45(41)50-46(38)42/h1-30H. The monoisotopic (exact) mass is 706 g/mol. The van der Waals surface area contributed by atoms with Crippen LogP contribution in [0.2, 0.25) is 0 Å². The van der Waals surface area contributed by atoms with Crippen molar-refractivity contribution >= 4 is 101 Å². The van der Waals surface area contributed by atoms with E-state index >= 15 is 0 Å². The number of benzene rings is 8. The average Bonchev–Trinajstić information content (AvgIpc) is 3.74. The van der Waals surface area contributed by atoms with Gasteiger partial charge in [0.2, 0.25) is 0 Å². The molecule has 0 bridgehead atoms. The maximum atomic E-state index is 6.41. The summed E-state index contributed by atoms with van der Waals surface area (Å²) in [6.07, 6.45) is 0. The summed E-state index contributed by atoms with van der Waals surface area (Å²) in [6, 6.07) is 65.3. The van der Waals surface area contributed by atoms with Crippen LogP contribution in [0.1, 0.15) is 0 Å². The molecule has 0 amide bonds. The second-order valence-corrected chi connectivity index (χ2v) is 14.8. The number of fused-ring (bicyclic) bond motifs is 8. The molecule has 10 rings (SSSR count). The first-order valence-electron chi connectivity index (χ1n) is 16.8. The minimum Gasteiger partial charge on any atom is -0.0602 e. The summed E-state index contributed by atoms with van der Waals surface area (Å²) < 4.78 is 9.35. The molecule has 10 aromatic rings. The van der Waals surface area contributed by atoms with Gasteiger partial charge in [0.05, 0.1) is 0 Å². The summed E-state index contributed by atoms with van der Waals surface area (Å²) in [4.78, 5) is 4.67. The third-order valence-electron chi connectivity index (χ3n) is 9.60. The van der Waals surface area contributed by atoms with Crippen molar-refractivity contribution in [2.45, 2.75) is 0 Å². The zero-order valence-corrected chi connectivity index (χ0v) is 28.7. The third kappa shape index (κ3) is 4.81. The Morgan fingerprint density at radius 3 is 1.64 bits per heavy atom. The van der Waals surface area contributed by atoms with Gasteiger partial charge < -0.3 is 0 Å². The molecule has 0 fully saturated rings. The molecule has 2 aromatic heterocycles. The molecule has 50 heavy (non-hydrogen) atoms. The van der Waals surface area contributed by atoms with E-state index in [4.69, 9.17) is 4.42 Å². The van der Waals surface area contributed by atoms with E-state index in [1.807, 2.05) is 12.1 Å². The quantitative estimate of drug-likeness (QED) is 0.161. The Hall–Kier alpha value is -6.06. The molecule has 8 aromatic carbocycles. The van der Waals surface area contributed by atoms with Gasteiger partial charge in [-0.1, -0.05) is 48.5 Å². The van der Waals surface area contributed by atoms with Gasteiger partial charge in [0, 0.05) is 0 Å². The number of para-hydroxylation sites is 3. The number of furan rings is 1. The van der Waals surface area contributed by atoms with Crippen LogP contribution < -0.4 is 9.80 Å². The molecule has 0 aliphatic carbocycles. The number of rotatable bonds is 6. The third-order valence-corrected chi connectivity index (χ3v) is 12.2. The normalized spacial score (nSPS) is 11.6. The van der Waals surface area contributed by atoms with E-state index in [9.17, 15) is 0 Å². The Morgan fingerprint density at radius 2 is 0.880 bits per heavy atom. The molecule has 0 N–H and O–H groups in total. The summed E-state index contributed by atoms with van der Waals surface area (Å²) in [5, 5.41) is 7.59. The summed E-state index contributed by atoms with van der Waals surface area (Å²) in [5.41, 5.74) is 8.26. The number of anilines is 6. The van der Waals surface area contributed by atoms with Crippen molar-refractivity contribution in [3.63, 3.8) is 0 Å². The van der Waals surface area contributed by atoms with Gasteiger partial charge >= 0.3 is 248 Å². The van der Waals surface area contributed by atoms with E-state index in [1.54, 1.807) is 0 Å². The summed E-state index contributed by atoms with van der Waals surface area (Å²) >= 11 is 0.283. The molecule has 236 valence electrons. The van der Waals surface area contributed by atoms with Crippen LogP contribution in [-0.2, 0) is 0 Å². The molecule has 2 heterocycles. The first-order valence-corrected chi connectivity index (χ1v) is 18.6. The molecule has 0 atom stereocenters. The summed E-state index contributed by atoms with van der Waals surface area (Å²) in [6.45, 7) is 0. The van der Waals surface area contributed by atoms with Crippen molar-refractivity contribution in [2.24, 2.45) is 0 Å². The van der Waals surface area contributed by atoms with Crippen LogP contribution >= 0.6 is 0 Å². The van der Waals surface area contributed by atoms with Gasteiger partial charge in [0.1, 0.15) is 0 Å². The van der Waals surface area contributed by atoms with Gasteiger partial charge in [-0.3, -0.25) is 0 Å². The maximum absolute atomic E-state index is 6.41. The summed E-state index contributed by atoms with van der Waals surface area (Å²) in [5.74, 6) is 0. The zero-order valence-electron chi connectivity index (χ0n) is 27.0. The Labute approximate surface area is 295 Å². The second-order valence-electron chi connectivity index (χ2n) is 12.6. The molecular formula is C46H30N2OSe. The molecule has 0 unspecified atom stereocenters. The molecule has 0 aliphatic heterocycles. The van der Waals surface area contributed by atoms with Gasteiger partial charge in [-0.15, -0.1) is 0 Å². The fraction of sp³-hybridized carbons (Fsp3) is 0.